The minimum absolute atomic E-state index is 0.271. The zero-order valence-electron chi connectivity index (χ0n) is 13.8. The molecule has 23 heavy (non-hydrogen) atoms. The van der Waals surface area contributed by atoms with E-state index in [4.69, 9.17) is 6.42 Å². The summed E-state index contributed by atoms with van der Waals surface area (Å²) in [5.74, 6) is 3.91. The number of allylic oxidation sites excluding steroid dienone is 5. The average molecular weight is 308 g/mol. The number of carbonyl (C=O) groups excluding carboxylic acids is 1. The molecule has 0 aromatic rings. The van der Waals surface area contributed by atoms with Crippen molar-refractivity contribution in [2.45, 2.75) is 57.5 Å². The lowest BCUT2D eigenvalue weighted by Crippen LogP contribution is -2.48. The van der Waals surface area contributed by atoms with E-state index in [0.717, 1.165) is 32.1 Å². The molecular weight excluding hydrogens is 284 g/mol. The predicted octanol–water partition coefficient (Wildman–Crippen LogP) is 3.72. The van der Waals surface area contributed by atoms with Crippen molar-refractivity contribution < 1.29 is 9.90 Å². The van der Waals surface area contributed by atoms with Crippen LogP contribution in [-0.4, -0.2) is 16.5 Å². The Kier molecular flexibility index (Phi) is 3.22. The SMILES string of the molecule is C#C[C@]1(O)CC[C@@H]2[C@@H]3CCC4=CC(=O)CCC4=C3C=C[C@]21CC. The molecule has 4 aliphatic rings. The first-order valence-electron chi connectivity index (χ1n) is 8.91. The van der Waals surface area contributed by atoms with Gasteiger partial charge in [0.1, 0.15) is 5.60 Å². The number of carbonyl (C=O) groups is 1. The third-order valence-electron chi connectivity index (χ3n) is 6.94. The van der Waals surface area contributed by atoms with Crippen LogP contribution >= 0.6 is 0 Å². The lowest BCUT2D eigenvalue weighted by Gasteiger charge is -2.48. The molecule has 0 aliphatic heterocycles. The third-order valence-corrected chi connectivity index (χ3v) is 6.94. The highest BCUT2D eigenvalue weighted by atomic mass is 16.3. The zero-order chi connectivity index (χ0) is 16.2. The van der Waals surface area contributed by atoms with Crippen molar-refractivity contribution in [1.29, 1.82) is 0 Å². The Balaban J connectivity index is 1.85. The van der Waals surface area contributed by atoms with E-state index in [0.29, 0.717) is 24.7 Å². The maximum atomic E-state index is 11.7. The van der Waals surface area contributed by atoms with Gasteiger partial charge in [0.25, 0.3) is 0 Å². The van der Waals surface area contributed by atoms with E-state index in [2.05, 4.69) is 25.0 Å². The van der Waals surface area contributed by atoms with Crippen LogP contribution in [0.1, 0.15) is 51.9 Å². The molecule has 0 unspecified atom stereocenters. The Hall–Kier alpha value is -1.59. The Morgan fingerprint density at radius 3 is 2.91 bits per heavy atom. The van der Waals surface area contributed by atoms with Crippen LogP contribution in [0, 0.1) is 29.6 Å². The molecule has 0 bridgehead atoms. The monoisotopic (exact) mass is 308 g/mol. The van der Waals surface area contributed by atoms with Gasteiger partial charge in [-0.05, 0) is 73.2 Å². The molecule has 0 radical (unpaired) electrons. The van der Waals surface area contributed by atoms with Gasteiger partial charge in [-0.25, -0.2) is 0 Å². The van der Waals surface area contributed by atoms with Gasteiger partial charge in [-0.1, -0.05) is 25.0 Å². The molecule has 0 aromatic heterocycles. The summed E-state index contributed by atoms with van der Waals surface area (Å²) in [4.78, 5) is 11.7. The number of aliphatic hydroxyl groups is 1. The maximum absolute atomic E-state index is 11.7. The van der Waals surface area contributed by atoms with E-state index in [1.165, 1.54) is 16.7 Å². The summed E-state index contributed by atoms with van der Waals surface area (Å²) in [7, 11) is 0. The smallest absolute Gasteiger partial charge is 0.156 e. The fraction of sp³-hybridized carbons (Fsp3) is 0.571. The highest BCUT2D eigenvalue weighted by Gasteiger charge is 2.60. The topological polar surface area (TPSA) is 37.3 Å². The molecule has 0 saturated heterocycles. The van der Waals surface area contributed by atoms with Crippen molar-refractivity contribution in [3.05, 3.63) is 34.9 Å². The molecule has 4 aliphatic carbocycles. The maximum Gasteiger partial charge on any atom is 0.156 e. The quantitative estimate of drug-likeness (QED) is 0.750. The second kappa shape index (κ2) is 4.95. The van der Waals surface area contributed by atoms with Gasteiger partial charge in [0.2, 0.25) is 0 Å². The lowest BCUT2D eigenvalue weighted by atomic mass is 9.56. The standard InChI is InChI=1S/C21H24O2/c1-3-20-11-9-17-16-8-6-15(22)13-14(16)5-7-18(17)19(20)10-12-21(20,23)4-2/h2,9,11,13,18-19,23H,3,5-8,10,12H2,1H3/t18-,19-,20-,21+/m1/s1. The minimum Gasteiger partial charge on any atom is -0.377 e. The molecule has 0 amide bonds. The Morgan fingerprint density at radius 2 is 2.17 bits per heavy atom. The Morgan fingerprint density at radius 1 is 1.35 bits per heavy atom. The summed E-state index contributed by atoms with van der Waals surface area (Å²) in [6.07, 6.45) is 18.2. The number of fused-ring (bicyclic) bond motifs is 4. The normalized spacial score (nSPS) is 41.8. The number of rotatable bonds is 1. The molecule has 120 valence electrons. The van der Waals surface area contributed by atoms with Crippen LogP contribution in [0.2, 0.25) is 0 Å². The molecule has 2 nitrogen and oxygen atoms in total. The van der Waals surface area contributed by atoms with Gasteiger partial charge in [0.15, 0.2) is 5.78 Å². The van der Waals surface area contributed by atoms with Gasteiger partial charge in [-0.3, -0.25) is 4.79 Å². The van der Waals surface area contributed by atoms with Crippen molar-refractivity contribution in [2.24, 2.45) is 17.3 Å². The first kappa shape index (κ1) is 15.0. The first-order valence-corrected chi connectivity index (χ1v) is 8.91. The first-order chi connectivity index (χ1) is 11.0. The van der Waals surface area contributed by atoms with E-state index in [1.807, 2.05) is 6.08 Å². The number of hydrogen-bond donors (Lipinski definition) is 1. The van der Waals surface area contributed by atoms with Gasteiger partial charge in [-0.15, -0.1) is 6.42 Å². The van der Waals surface area contributed by atoms with E-state index in [1.54, 1.807) is 0 Å². The molecule has 1 N–H and O–H groups in total. The largest absolute Gasteiger partial charge is 0.377 e. The molecule has 4 rings (SSSR count). The van der Waals surface area contributed by atoms with Crippen LogP contribution in [-0.2, 0) is 4.79 Å². The highest BCUT2D eigenvalue weighted by Crippen LogP contribution is 2.62. The molecule has 1 fully saturated rings. The van der Waals surface area contributed by atoms with Crippen molar-refractivity contribution in [1.82, 2.24) is 0 Å². The fourth-order valence-corrected chi connectivity index (χ4v) is 5.75. The van der Waals surface area contributed by atoms with Crippen molar-refractivity contribution in [3.63, 3.8) is 0 Å². The predicted molar refractivity (Wildman–Crippen MR) is 90.4 cm³/mol. The number of ketones is 1. The minimum atomic E-state index is -1.00. The van der Waals surface area contributed by atoms with Crippen LogP contribution in [0.25, 0.3) is 0 Å². The Labute approximate surface area is 138 Å². The van der Waals surface area contributed by atoms with E-state index >= 15 is 0 Å². The van der Waals surface area contributed by atoms with Crippen molar-refractivity contribution >= 4 is 5.78 Å². The van der Waals surface area contributed by atoms with Gasteiger partial charge >= 0.3 is 0 Å². The number of terminal acetylenes is 1. The second-order valence-electron chi connectivity index (χ2n) is 7.59. The summed E-state index contributed by atoms with van der Waals surface area (Å²) in [5, 5.41) is 11.0. The summed E-state index contributed by atoms with van der Waals surface area (Å²) in [6, 6.07) is 0. The van der Waals surface area contributed by atoms with E-state index < -0.39 is 5.60 Å². The van der Waals surface area contributed by atoms with E-state index in [-0.39, 0.29) is 11.2 Å². The molecule has 1 saturated carbocycles. The second-order valence-corrected chi connectivity index (χ2v) is 7.59. The van der Waals surface area contributed by atoms with Gasteiger partial charge in [-0.2, -0.15) is 0 Å². The summed E-state index contributed by atoms with van der Waals surface area (Å²) in [5.41, 5.74) is 2.80. The van der Waals surface area contributed by atoms with Gasteiger partial charge in [0.05, 0.1) is 0 Å². The van der Waals surface area contributed by atoms with Crippen molar-refractivity contribution in [2.75, 3.05) is 0 Å². The molecule has 0 aromatic carbocycles. The van der Waals surface area contributed by atoms with Crippen LogP contribution in [0.5, 0.6) is 0 Å². The highest BCUT2D eigenvalue weighted by molar-refractivity contribution is 5.93. The average Bonchev–Trinajstić information content (AvgIpc) is 2.88. The number of hydrogen-bond acceptors (Lipinski definition) is 2. The summed E-state index contributed by atoms with van der Waals surface area (Å²) in [6.45, 7) is 2.15. The lowest BCUT2D eigenvalue weighted by molar-refractivity contribution is -0.114. The van der Waals surface area contributed by atoms with Crippen LogP contribution in [0.15, 0.2) is 34.9 Å². The van der Waals surface area contributed by atoms with Crippen LogP contribution < -0.4 is 0 Å². The van der Waals surface area contributed by atoms with Gasteiger partial charge in [0, 0.05) is 11.8 Å². The Bertz CT molecular complexity index is 702. The fourth-order valence-electron chi connectivity index (χ4n) is 5.75. The van der Waals surface area contributed by atoms with Crippen molar-refractivity contribution in [3.8, 4) is 12.3 Å². The zero-order valence-corrected chi connectivity index (χ0v) is 13.8. The molecule has 0 spiro atoms. The summed E-state index contributed by atoms with van der Waals surface area (Å²) < 4.78 is 0. The molecule has 0 heterocycles. The molecule has 4 atom stereocenters. The summed E-state index contributed by atoms with van der Waals surface area (Å²) >= 11 is 0. The third kappa shape index (κ3) is 1.83. The van der Waals surface area contributed by atoms with Crippen LogP contribution in [0.4, 0.5) is 0 Å². The molecular formula is C21H24O2. The van der Waals surface area contributed by atoms with Crippen LogP contribution in [0.3, 0.4) is 0 Å². The van der Waals surface area contributed by atoms with E-state index in [9.17, 15) is 9.90 Å². The van der Waals surface area contributed by atoms with Gasteiger partial charge < -0.3 is 5.11 Å². The molecule has 2 heteroatoms.